The number of anilines is 1. The molecule has 3 rings (SSSR count). The number of amides is 1. The second-order valence-corrected chi connectivity index (χ2v) is 6.63. The molecule has 134 valence electrons. The second-order valence-electron chi connectivity index (χ2n) is 6.63. The number of nitrogens with zero attached hydrogens (tertiary/aromatic N) is 3. The Labute approximate surface area is 149 Å². The van der Waals surface area contributed by atoms with E-state index in [4.69, 9.17) is 0 Å². The fourth-order valence-electron chi connectivity index (χ4n) is 3.33. The van der Waals surface area contributed by atoms with Gasteiger partial charge in [-0.15, -0.1) is 0 Å². The van der Waals surface area contributed by atoms with Crippen molar-refractivity contribution >= 4 is 11.7 Å². The van der Waals surface area contributed by atoms with Crippen molar-refractivity contribution in [2.24, 2.45) is 7.05 Å². The average Bonchev–Trinajstić information content (AvgIpc) is 2.92. The monoisotopic (exact) mass is 341 g/mol. The van der Waals surface area contributed by atoms with E-state index < -0.39 is 0 Å². The topological polar surface area (TPSA) is 62.2 Å². The van der Waals surface area contributed by atoms with Crippen LogP contribution in [0.4, 0.5) is 5.82 Å². The van der Waals surface area contributed by atoms with Crippen LogP contribution in [0.1, 0.15) is 29.8 Å². The number of piperazine rings is 1. The summed E-state index contributed by atoms with van der Waals surface area (Å²) >= 11 is 0. The smallest absolute Gasteiger partial charge is 0.239 e. The molecule has 2 aromatic rings. The summed E-state index contributed by atoms with van der Waals surface area (Å²) in [7, 11) is 1.84. The maximum absolute atomic E-state index is 12.5. The molecule has 6 nitrogen and oxygen atoms in total. The van der Waals surface area contributed by atoms with E-state index in [0.29, 0.717) is 6.54 Å². The van der Waals surface area contributed by atoms with Crippen LogP contribution in [-0.4, -0.2) is 46.8 Å². The van der Waals surface area contributed by atoms with Gasteiger partial charge in [-0.05, 0) is 24.5 Å². The predicted octanol–water partition coefficient (Wildman–Crippen LogP) is 1.88. The van der Waals surface area contributed by atoms with Crippen LogP contribution < -0.4 is 10.6 Å². The third-order valence-corrected chi connectivity index (χ3v) is 4.74. The van der Waals surface area contributed by atoms with Crippen molar-refractivity contribution in [3.05, 3.63) is 47.2 Å². The van der Waals surface area contributed by atoms with Crippen molar-refractivity contribution in [3.63, 3.8) is 0 Å². The Kier molecular flexibility index (Phi) is 5.50. The highest BCUT2D eigenvalue weighted by Crippen LogP contribution is 2.22. The Bertz CT molecular complexity index is 722. The summed E-state index contributed by atoms with van der Waals surface area (Å²) in [6, 6.07) is 10.8. The molecule has 1 aromatic heterocycles. The lowest BCUT2D eigenvalue weighted by Gasteiger charge is -2.36. The molecular formula is C19H27N5O. The zero-order valence-corrected chi connectivity index (χ0v) is 15.2. The fourth-order valence-corrected chi connectivity index (χ4v) is 3.33. The number of hydrogen-bond donors (Lipinski definition) is 2. The minimum absolute atomic E-state index is 0.0000725. The van der Waals surface area contributed by atoms with Crippen molar-refractivity contribution in [1.82, 2.24) is 20.0 Å². The minimum Gasteiger partial charge on any atom is -0.314 e. The van der Waals surface area contributed by atoms with E-state index >= 15 is 0 Å². The molecule has 0 radical (unpaired) electrons. The quantitative estimate of drug-likeness (QED) is 0.872. The van der Waals surface area contributed by atoms with Crippen molar-refractivity contribution in [3.8, 4) is 0 Å². The van der Waals surface area contributed by atoms with E-state index in [1.165, 1.54) is 11.1 Å². The predicted molar refractivity (Wildman–Crippen MR) is 99.6 cm³/mol. The largest absolute Gasteiger partial charge is 0.314 e. The zero-order chi connectivity index (χ0) is 17.8. The van der Waals surface area contributed by atoms with Gasteiger partial charge in [0.2, 0.25) is 5.91 Å². The molecule has 1 saturated heterocycles. The number of hydrogen-bond acceptors (Lipinski definition) is 4. The molecule has 0 aliphatic carbocycles. The number of aromatic nitrogens is 2. The lowest BCUT2D eigenvalue weighted by Crippen LogP contribution is -2.48. The van der Waals surface area contributed by atoms with Gasteiger partial charge in [-0.1, -0.05) is 31.2 Å². The summed E-state index contributed by atoms with van der Waals surface area (Å²) < 4.78 is 1.70. The third kappa shape index (κ3) is 4.27. The molecule has 2 N–H and O–H groups in total. The SMILES string of the molecule is CCc1ccc(C2CNCCN2CC(=O)Nc2cc(C)nn2C)cc1. The molecule has 0 spiro atoms. The normalized spacial score (nSPS) is 18.3. The van der Waals surface area contributed by atoms with E-state index in [2.05, 4.69) is 51.8 Å². The van der Waals surface area contributed by atoms with Gasteiger partial charge in [0.15, 0.2) is 0 Å². The first-order valence-corrected chi connectivity index (χ1v) is 8.91. The fraction of sp³-hybridized carbons (Fsp3) is 0.474. The highest BCUT2D eigenvalue weighted by atomic mass is 16.2. The summed E-state index contributed by atoms with van der Waals surface area (Å²) in [6.45, 7) is 7.09. The van der Waals surface area contributed by atoms with E-state index in [1.807, 2.05) is 20.0 Å². The lowest BCUT2D eigenvalue weighted by atomic mass is 10.0. The summed E-state index contributed by atoms with van der Waals surface area (Å²) in [5.41, 5.74) is 3.49. The molecule has 1 amide bonds. The first-order chi connectivity index (χ1) is 12.1. The maximum Gasteiger partial charge on any atom is 0.239 e. The van der Waals surface area contributed by atoms with Gasteiger partial charge >= 0.3 is 0 Å². The van der Waals surface area contributed by atoms with Crippen LogP contribution in [0.3, 0.4) is 0 Å². The molecule has 6 heteroatoms. The van der Waals surface area contributed by atoms with Crippen LogP contribution in [-0.2, 0) is 18.3 Å². The van der Waals surface area contributed by atoms with Crippen LogP contribution in [0.25, 0.3) is 0 Å². The van der Waals surface area contributed by atoms with Gasteiger partial charge in [-0.2, -0.15) is 5.10 Å². The highest BCUT2D eigenvalue weighted by Gasteiger charge is 2.25. The summed E-state index contributed by atoms with van der Waals surface area (Å²) in [6.07, 6.45) is 1.04. The Morgan fingerprint density at radius 2 is 2.12 bits per heavy atom. The van der Waals surface area contributed by atoms with E-state index in [9.17, 15) is 4.79 Å². The Hall–Kier alpha value is -2.18. The van der Waals surface area contributed by atoms with Crippen LogP contribution in [0.5, 0.6) is 0 Å². The van der Waals surface area contributed by atoms with Crippen molar-refractivity contribution < 1.29 is 4.79 Å². The van der Waals surface area contributed by atoms with Gasteiger partial charge in [0.25, 0.3) is 0 Å². The minimum atomic E-state index is 0.0000725. The second kappa shape index (κ2) is 7.80. The number of carbonyl (C=O) groups is 1. The van der Waals surface area contributed by atoms with Crippen molar-refractivity contribution in [1.29, 1.82) is 0 Å². The van der Waals surface area contributed by atoms with E-state index in [1.54, 1.807) is 4.68 Å². The molecule has 25 heavy (non-hydrogen) atoms. The molecule has 1 atom stereocenters. The molecule has 1 fully saturated rings. The molecule has 0 saturated carbocycles. The Morgan fingerprint density at radius 3 is 2.76 bits per heavy atom. The van der Waals surface area contributed by atoms with E-state index in [0.717, 1.165) is 37.6 Å². The van der Waals surface area contributed by atoms with Gasteiger partial charge in [0, 0.05) is 38.8 Å². The number of carbonyl (C=O) groups excluding carboxylic acids is 1. The highest BCUT2D eigenvalue weighted by molar-refractivity contribution is 5.91. The van der Waals surface area contributed by atoms with Gasteiger partial charge in [-0.3, -0.25) is 14.4 Å². The molecule has 1 unspecified atom stereocenters. The standard InChI is InChI=1S/C19H27N5O/c1-4-15-5-7-16(8-6-15)17-12-20-9-10-24(17)13-19(25)21-18-11-14(2)22-23(18)3/h5-8,11,17,20H,4,9-10,12-13H2,1-3H3,(H,21,25). The first-order valence-electron chi connectivity index (χ1n) is 8.91. The van der Waals surface area contributed by atoms with E-state index in [-0.39, 0.29) is 11.9 Å². The lowest BCUT2D eigenvalue weighted by molar-refractivity contribution is -0.118. The Balaban J connectivity index is 1.67. The number of aryl methyl sites for hydroxylation is 3. The van der Waals surface area contributed by atoms with Gasteiger partial charge < -0.3 is 10.6 Å². The third-order valence-electron chi connectivity index (χ3n) is 4.74. The van der Waals surface area contributed by atoms with Crippen molar-refractivity contribution in [2.75, 3.05) is 31.5 Å². The number of benzene rings is 1. The van der Waals surface area contributed by atoms with Crippen LogP contribution in [0.15, 0.2) is 30.3 Å². The average molecular weight is 341 g/mol. The molecule has 1 aliphatic rings. The Morgan fingerprint density at radius 1 is 1.36 bits per heavy atom. The van der Waals surface area contributed by atoms with Gasteiger partial charge in [0.05, 0.1) is 12.2 Å². The summed E-state index contributed by atoms with van der Waals surface area (Å²) in [5, 5.41) is 10.7. The van der Waals surface area contributed by atoms with Crippen molar-refractivity contribution in [2.45, 2.75) is 26.3 Å². The van der Waals surface area contributed by atoms with Gasteiger partial charge in [0.1, 0.15) is 5.82 Å². The molecule has 1 aromatic carbocycles. The maximum atomic E-state index is 12.5. The molecule has 2 heterocycles. The number of nitrogens with one attached hydrogen (secondary N) is 2. The van der Waals surface area contributed by atoms with Crippen LogP contribution >= 0.6 is 0 Å². The van der Waals surface area contributed by atoms with Gasteiger partial charge in [-0.25, -0.2) is 0 Å². The molecular weight excluding hydrogens is 314 g/mol. The zero-order valence-electron chi connectivity index (χ0n) is 15.2. The first kappa shape index (κ1) is 17.6. The number of rotatable bonds is 5. The molecule has 1 aliphatic heterocycles. The van der Waals surface area contributed by atoms with Crippen LogP contribution in [0, 0.1) is 6.92 Å². The summed E-state index contributed by atoms with van der Waals surface area (Å²) in [4.78, 5) is 14.8. The summed E-state index contributed by atoms with van der Waals surface area (Å²) in [5.74, 6) is 0.738. The van der Waals surface area contributed by atoms with Crippen LogP contribution in [0.2, 0.25) is 0 Å². The molecule has 0 bridgehead atoms.